The first-order valence-corrected chi connectivity index (χ1v) is 8.04. The van der Waals surface area contributed by atoms with E-state index in [9.17, 15) is 9.59 Å². The van der Waals surface area contributed by atoms with Crippen LogP contribution < -0.4 is 10.6 Å². The van der Waals surface area contributed by atoms with Crippen molar-refractivity contribution in [1.29, 1.82) is 0 Å². The summed E-state index contributed by atoms with van der Waals surface area (Å²) >= 11 is 5.91. The number of nitrogens with one attached hydrogen (secondary N) is 2. The fraction of sp³-hybridized carbons (Fsp3) is 0.529. The predicted molar refractivity (Wildman–Crippen MR) is 90.0 cm³/mol. The molecule has 0 saturated heterocycles. The molecule has 2 N–H and O–H groups in total. The van der Waals surface area contributed by atoms with Crippen LogP contribution in [0, 0.1) is 5.92 Å². The van der Waals surface area contributed by atoms with Crippen molar-refractivity contribution in [1.82, 2.24) is 10.6 Å². The Hall–Kier alpha value is -1.55. The van der Waals surface area contributed by atoms with Crippen LogP contribution in [-0.2, 0) is 9.59 Å². The molecule has 122 valence electrons. The highest BCUT2D eigenvalue weighted by atomic mass is 35.5. The van der Waals surface area contributed by atoms with Crippen molar-refractivity contribution in [3.05, 3.63) is 34.9 Å². The topological polar surface area (TPSA) is 58.2 Å². The van der Waals surface area contributed by atoms with Gasteiger partial charge in [-0.15, -0.1) is 0 Å². The summed E-state index contributed by atoms with van der Waals surface area (Å²) < 4.78 is 0. The molecule has 0 aliphatic rings. The third-order valence-electron chi connectivity index (χ3n) is 3.56. The minimum absolute atomic E-state index is 0.0384. The fourth-order valence-electron chi connectivity index (χ4n) is 2.30. The van der Waals surface area contributed by atoms with E-state index >= 15 is 0 Å². The molecule has 0 heterocycles. The SMILES string of the molecule is CC(=O)NCCCNC(=O)CC(c1ccc(Cl)cc1)C(C)C. The number of hydrogen-bond donors (Lipinski definition) is 2. The number of rotatable bonds is 8. The van der Waals surface area contributed by atoms with E-state index in [2.05, 4.69) is 24.5 Å². The molecule has 0 fully saturated rings. The fourth-order valence-corrected chi connectivity index (χ4v) is 2.43. The number of benzene rings is 1. The van der Waals surface area contributed by atoms with Gasteiger partial charge in [-0.25, -0.2) is 0 Å². The van der Waals surface area contributed by atoms with Gasteiger partial charge in [-0.2, -0.15) is 0 Å². The summed E-state index contributed by atoms with van der Waals surface area (Å²) in [6, 6.07) is 7.68. The van der Waals surface area contributed by atoms with Gasteiger partial charge in [0.25, 0.3) is 0 Å². The van der Waals surface area contributed by atoms with Crippen molar-refractivity contribution >= 4 is 23.4 Å². The molecule has 1 atom stereocenters. The molecule has 5 heteroatoms. The smallest absolute Gasteiger partial charge is 0.220 e. The molecule has 0 spiro atoms. The summed E-state index contributed by atoms with van der Waals surface area (Å²) in [6.07, 6.45) is 1.19. The zero-order valence-corrected chi connectivity index (χ0v) is 14.2. The second-order valence-corrected chi connectivity index (χ2v) is 6.23. The van der Waals surface area contributed by atoms with Crippen molar-refractivity contribution in [3.8, 4) is 0 Å². The van der Waals surface area contributed by atoms with E-state index in [0.717, 1.165) is 12.0 Å². The largest absolute Gasteiger partial charge is 0.356 e. The Kier molecular flexibility index (Phi) is 7.96. The van der Waals surface area contributed by atoms with E-state index in [1.807, 2.05) is 24.3 Å². The van der Waals surface area contributed by atoms with Crippen LogP contribution in [0.2, 0.25) is 5.02 Å². The molecule has 1 aromatic carbocycles. The van der Waals surface area contributed by atoms with Crippen LogP contribution in [0.4, 0.5) is 0 Å². The lowest BCUT2D eigenvalue weighted by Gasteiger charge is -2.21. The Morgan fingerprint density at radius 3 is 2.23 bits per heavy atom. The van der Waals surface area contributed by atoms with Gasteiger partial charge in [0.2, 0.25) is 11.8 Å². The van der Waals surface area contributed by atoms with Crippen molar-refractivity contribution in [2.75, 3.05) is 13.1 Å². The third kappa shape index (κ3) is 6.94. The highest BCUT2D eigenvalue weighted by molar-refractivity contribution is 6.30. The summed E-state index contributed by atoms with van der Waals surface area (Å²) in [5, 5.41) is 6.32. The molecule has 1 rings (SSSR count). The molecule has 0 radical (unpaired) electrons. The highest BCUT2D eigenvalue weighted by Crippen LogP contribution is 2.28. The normalized spacial score (nSPS) is 12.0. The average molecular weight is 325 g/mol. The van der Waals surface area contributed by atoms with Gasteiger partial charge in [0.15, 0.2) is 0 Å². The minimum atomic E-state index is -0.0473. The summed E-state index contributed by atoms with van der Waals surface area (Å²) in [5.74, 6) is 0.532. The molecule has 4 nitrogen and oxygen atoms in total. The second kappa shape index (κ2) is 9.46. The molecule has 22 heavy (non-hydrogen) atoms. The second-order valence-electron chi connectivity index (χ2n) is 5.79. The molecule has 0 aromatic heterocycles. The standard InChI is InChI=1S/C17H25ClN2O2/c1-12(2)16(14-5-7-15(18)8-6-14)11-17(22)20-10-4-9-19-13(3)21/h5-8,12,16H,4,9-11H2,1-3H3,(H,19,21)(H,20,22). The average Bonchev–Trinajstić information content (AvgIpc) is 2.45. The molecular weight excluding hydrogens is 300 g/mol. The maximum absolute atomic E-state index is 12.1. The number of carbonyl (C=O) groups is 2. The van der Waals surface area contributed by atoms with E-state index in [1.165, 1.54) is 6.92 Å². The lowest BCUT2D eigenvalue weighted by atomic mass is 9.85. The van der Waals surface area contributed by atoms with Crippen LogP contribution in [0.3, 0.4) is 0 Å². The molecule has 2 amide bonds. The minimum Gasteiger partial charge on any atom is -0.356 e. The Balaban J connectivity index is 2.44. The number of carbonyl (C=O) groups excluding carboxylic acids is 2. The van der Waals surface area contributed by atoms with Crippen LogP contribution in [0.1, 0.15) is 45.1 Å². The third-order valence-corrected chi connectivity index (χ3v) is 3.81. The molecule has 0 bridgehead atoms. The first-order chi connectivity index (χ1) is 10.4. The lowest BCUT2D eigenvalue weighted by molar-refractivity contribution is -0.121. The van der Waals surface area contributed by atoms with Crippen molar-refractivity contribution in [3.63, 3.8) is 0 Å². The summed E-state index contributed by atoms with van der Waals surface area (Å²) in [4.78, 5) is 22.8. The van der Waals surface area contributed by atoms with Gasteiger partial charge >= 0.3 is 0 Å². The first kappa shape index (κ1) is 18.5. The van der Waals surface area contributed by atoms with Crippen LogP contribution in [0.15, 0.2) is 24.3 Å². The maximum Gasteiger partial charge on any atom is 0.220 e. The zero-order chi connectivity index (χ0) is 16.5. The number of halogens is 1. The van der Waals surface area contributed by atoms with E-state index in [0.29, 0.717) is 30.5 Å². The number of hydrogen-bond acceptors (Lipinski definition) is 2. The predicted octanol–water partition coefficient (Wildman–Crippen LogP) is 3.11. The summed E-state index contributed by atoms with van der Waals surface area (Å²) in [6.45, 7) is 6.87. The Labute approximate surface area is 137 Å². The van der Waals surface area contributed by atoms with Crippen LogP contribution >= 0.6 is 11.6 Å². The molecule has 0 aliphatic heterocycles. The Morgan fingerprint density at radius 1 is 1.09 bits per heavy atom. The summed E-state index contributed by atoms with van der Waals surface area (Å²) in [5.41, 5.74) is 1.13. The van der Waals surface area contributed by atoms with Crippen molar-refractivity contribution in [2.24, 2.45) is 5.92 Å². The van der Waals surface area contributed by atoms with Gasteiger partial charge in [-0.1, -0.05) is 37.6 Å². The van der Waals surface area contributed by atoms with Gasteiger partial charge in [0, 0.05) is 31.5 Å². The van der Waals surface area contributed by atoms with Gasteiger partial charge in [0.1, 0.15) is 0 Å². The first-order valence-electron chi connectivity index (χ1n) is 7.66. The zero-order valence-electron chi connectivity index (χ0n) is 13.5. The van der Waals surface area contributed by atoms with Crippen LogP contribution in [-0.4, -0.2) is 24.9 Å². The lowest BCUT2D eigenvalue weighted by Crippen LogP contribution is -2.30. The highest BCUT2D eigenvalue weighted by Gasteiger charge is 2.19. The maximum atomic E-state index is 12.1. The Morgan fingerprint density at radius 2 is 1.68 bits per heavy atom. The van der Waals surface area contributed by atoms with Crippen molar-refractivity contribution in [2.45, 2.75) is 39.5 Å². The van der Waals surface area contributed by atoms with E-state index in [-0.39, 0.29) is 17.7 Å². The van der Waals surface area contributed by atoms with Gasteiger partial charge < -0.3 is 10.6 Å². The van der Waals surface area contributed by atoms with Gasteiger partial charge in [-0.05, 0) is 36.0 Å². The van der Waals surface area contributed by atoms with E-state index in [4.69, 9.17) is 11.6 Å². The summed E-state index contributed by atoms with van der Waals surface area (Å²) in [7, 11) is 0. The quantitative estimate of drug-likeness (QED) is 0.722. The molecular formula is C17H25ClN2O2. The monoisotopic (exact) mass is 324 g/mol. The molecule has 1 aromatic rings. The molecule has 0 aliphatic carbocycles. The molecule has 1 unspecified atom stereocenters. The van der Waals surface area contributed by atoms with E-state index < -0.39 is 0 Å². The molecule has 0 saturated carbocycles. The van der Waals surface area contributed by atoms with Crippen molar-refractivity contribution < 1.29 is 9.59 Å². The van der Waals surface area contributed by atoms with E-state index in [1.54, 1.807) is 0 Å². The Bertz CT molecular complexity index is 486. The number of amides is 2. The van der Waals surface area contributed by atoms with Gasteiger partial charge in [0.05, 0.1) is 0 Å². The van der Waals surface area contributed by atoms with Gasteiger partial charge in [-0.3, -0.25) is 9.59 Å². The van der Waals surface area contributed by atoms with Crippen LogP contribution in [0.25, 0.3) is 0 Å². The van der Waals surface area contributed by atoms with Crippen LogP contribution in [0.5, 0.6) is 0 Å².